The first-order chi connectivity index (χ1) is 21.0. The maximum Gasteiger partial charge on any atom is 0.251 e. The van der Waals surface area contributed by atoms with Crippen molar-refractivity contribution in [3.8, 4) is 0 Å². The van der Waals surface area contributed by atoms with Crippen molar-refractivity contribution in [2.24, 2.45) is 10.4 Å². The molecule has 2 heterocycles. The van der Waals surface area contributed by atoms with E-state index in [0.29, 0.717) is 23.4 Å². The number of pyridine rings is 1. The van der Waals surface area contributed by atoms with Crippen LogP contribution in [0.4, 0.5) is 11.4 Å². The van der Waals surface area contributed by atoms with Gasteiger partial charge in [-0.2, -0.15) is 0 Å². The van der Waals surface area contributed by atoms with Crippen molar-refractivity contribution in [3.05, 3.63) is 114 Å². The molecule has 44 heavy (non-hydrogen) atoms. The van der Waals surface area contributed by atoms with Gasteiger partial charge in [0.05, 0.1) is 22.8 Å². The van der Waals surface area contributed by atoms with Crippen LogP contribution < -0.4 is 16.1 Å². The number of nitrogens with one attached hydrogen (secondary N) is 3. The third-order valence-electron chi connectivity index (χ3n) is 8.82. The minimum absolute atomic E-state index is 0.213. The quantitative estimate of drug-likeness (QED) is 0.148. The van der Waals surface area contributed by atoms with E-state index in [2.05, 4.69) is 32.7 Å². The first-order valence-electron chi connectivity index (χ1n) is 14.8. The standard InChI is InChI=1S/C36H39N5O3/c1-23(41-44)22-35(2,3)36(4,5)40-33(42)27-18-16-24(17-19-27)30(28-14-6-10-25-12-8-20-37-31(25)28)34(43)39-29-15-7-11-26-13-9-21-38-32(26)29/h6-8,10-12,14-21,30,41,44H,1,9,13,22H2,2-5H3,(H,39,43)(H,40,42). The molecule has 226 valence electrons. The van der Waals surface area contributed by atoms with Crippen LogP contribution in [0.2, 0.25) is 0 Å². The largest absolute Gasteiger partial charge is 0.347 e. The van der Waals surface area contributed by atoms with E-state index in [1.165, 1.54) is 0 Å². The predicted octanol–water partition coefficient (Wildman–Crippen LogP) is 7.07. The highest BCUT2D eigenvalue weighted by Gasteiger charge is 2.39. The van der Waals surface area contributed by atoms with Crippen LogP contribution in [0, 0.1) is 5.41 Å². The third kappa shape index (κ3) is 6.26. The van der Waals surface area contributed by atoms with Gasteiger partial charge in [0.1, 0.15) is 0 Å². The number of aliphatic imine (C=N–C) groups is 1. The summed E-state index contributed by atoms with van der Waals surface area (Å²) in [5.41, 5.74) is 6.81. The summed E-state index contributed by atoms with van der Waals surface area (Å²) < 4.78 is 0. The number of hydrogen-bond donors (Lipinski definition) is 4. The number of para-hydroxylation sites is 2. The van der Waals surface area contributed by atoms with Gasteiger partial charge in [-0.15, -0.1) is 0 Å². The molecule has 0 fully saturated rings. The summed E-state index contributed by atoms with van der Waals surface area (Å²) >= 11 is 0. The Morgan fingerprint density at radius 2 is 1.70 bits per heavy atom. The lowest BCUT2D eigenvalue weighted by Crippen LogP contribution is -2.54. The van der Waals surface area contributed by atoms with Gasteiger partial charge in [-0.25, -0.2) is 0 Å². The SMILES string of the molecule is C=C(CC(C)(C)C(C)(C)NC(=O)c1ccc(C(C(=O)Nc2cccc3c2N=CCC3)c2cccc3cccnc23)cc1)NO. The highest BCUT2D eigenvalue weighted by atomic mass is 16.5. The molecule has 0 saturated heterocycles. The van der Waals surface area contributed by atoms with E-state index in [4.69, 9.17) is 0 Å². The van der Waals surface area contributed by atoms with Crippen LogP contribution in [0.5, 0.6) is 0 Å². The van der Waals surface area contributed by atoms with Crippen molar-refractivity contribution in [1.82, 2.24) is 15.8 Å². The summed E-state index contributed by atoms with van der Waals surface area (Å²) in [5, 5.41) is 16.5. The van der Waals surface area contributed by atoms with E-state index >= 15 is 0 Å². The molecule has 0 bridgehead atoms. The molecule has 0 spiro atoms. The molecule has 3 aromatic carbocycles. The van der Waals surface area contributed by atoms with E-state index < -0.39 is 16.9 Å². The number of aryl methyl sites for hydroxylation is 1. The minimum Gasteiger partial charge on any atom is -0.347 e. The molecular formula is C36H39N5O3. The number of allylic oxidation sites excluding steroid dienone is 1. The number of rotatable bonds is 10. The van der Waals surface area contributed by atoms with Gasteiger partial charge >= 0.3 is 0 Å². The zero-order valence-corrected chi connectivity index (χ0v) is 25.6. The fraction of sp³-hybridized carbons (Fsp3) is 0.278. The number of hydroxylamine groups is 1. The molecular weight excluding hydrogens is 550 g/mol. The van der Waals surface area contributed by atoms with Crippen LogP contribution in [0.1, 0.15) is 73.5 Å². The summed E-state index contributed by atoms with van der Waals surface area (Å²) in [6.07, 6.45) is 5.82. The van der Waals surface area contributed by atoms with Crippen LogP contribution in [-0.2, 0) is 11.2 Å². The normalized spacial score (nSPS) is 13.6. The third-order valence-corrected chi connectivity index (χ3v) is 8.82. The molecule has 0 saturated carbocycles. The lowest BCUT2D eigenvalue weighted by Gasteiger charge is -2.42. The van der Waals surface area contributed by atoms with Crippen LogP contribution in [-0.4, -0.2) is 33.8 Å². The van der Waals surface area contributed by atoms with Gasteiger partial charge in [-0.1, -0.05) is 69.0 Å². The van der Waals surface area contributed by atoms with E-state index in [0.717, 1.165) is 46.1 Å². The van der Waals surface area contributed by atoms with Gasteiger partial charge in [0.15, 0.2) is 0 Å². The second kappa shape index (κ2) is 12.4. The highest BCUT2D eigenvalue weighted by molar-refractivity contribution is 6.03. The Hall–Kier alpha value is -4.82. The zero-order valence-electron chi connectivity index (χ0n) is 25.6. The summed E-state index contributed by atoms with van der Waals surface area (Å²) in [6.45, 7) is 11.7. The lowest BCUT2D eigenvalue weighted by molar-refractivity contribution is -0.116. The Morgan fingerprint density at radius 1 is 0.977 bits per heavy atom. The number of carbonyl (C=O) groups is 2. The lowest BCUT2D eigenvalue weighted by atomic mass is 9.71. The number of fused-ring (bicyclic) bond motifs is 2. The fourth-order valence-electron chi connectivity index (χ4n) is 5.61. The molecule has 1 aliphatic heterocycles. The van der Waals surface area contributed by atoms with Crippen LogP contribution in [0.15, 0.2) is 96.3 Å². The van der Waals surface area contributed by atoms with Gasteiger partial charge in [-0.3, -0.25) is 30.3 Å². The van der Waals surface area contributed by atoms with Gasteiger partial charge in [-0.05, 0) is 79.5 Å². The summed E-state index contributed by atoms with van der Waals surface area (Å²) in [4.78, 5) is 36.8. The number of anilines is 1. The number of nitrogens with zero attached hydrogens (tertiary/aromatic N) is 2. The molecule has 5 rings (SSSR count). The van der Waals surface area contributed by atoms with E-state index in [-0.39, 0.29) is 11.8 Å². The minimum atomic E-state index is -0.693. The number of carbonyl (C=O) groups excluding carboxylic acids is 2. The average molecular weight is 590 g/mol. The number of hydrogen-bond acceptors (Lipinski definition) is 6. The van der Waals surface area contributed by atoms with E-state index in [1.54, 1.807) is 18.3 Å². The second-order valence-electron chi connectivity index (χ2n) is 12.5. The molecule has 0 radical (unpaired) electrons. The first kappa shape index (κ1) is 30.6. The molecule has 4 aromatic rings. The summed E-state index contributed by atoms with van der Waals surface area (Å²) in [5.74, 6) is -1.14. The average Bonchev–Trinajstić information content (AvgIpc) is 3.01. The van der Waals surface area contributed by atoms with Gasteiger partial charge in [0.2, 0.25) is 5.91 Å². The maximum atomic E-state index is 14.2. The topological polar surface area (TPSA) is 116 Å². The van der Waals surface area contributed by atoms with Crippen molar-refractivity contribution in [1.29, 1.82) is 0 Å². The molecule has 8 nitrogen and oxygen atoms in total. The number of amides is 2. The Labute approximate surface area is 258 Å². The molecule has 0 aliphatic carbocycles. The molecule has 1 aromatic heterocycles. The van der Waals surface area contributed by atoms with Crippen molar-refractivity contribution < 1.29 is 14.8 Å². The van der Waals surface area contributed by atoms with Gasteiger partial charge in [0.25, 0.3) is 5.91 Å². The molecule has 1 atom stereocenters. The Bertz CT molecular complexity index is 1740. The Morgan fingerprint density at radius 3 is 2.45 bits per heavy atom. The monoisotopic (exact) mass is 589 g/mol. The van der Waals surface area contributed by atoms with E-state index in [1.807, 2.05) is 94.6 Å². The van der Waals surface area contributed by atoms with Crippen molar-refractivity contribution in [2.45, 2.75) is 58.4 Å². The Balaban J connectivity index is 1.47. The first-order valence-corrected chi connectivity index (χ1v) is 14.8. The molecule has 1 aliphatic rings. The van der Waals surface area contributed by atoms with Crippen LogP contribution in [0.25, 0.3) is 10.9 Å². The summed E-state index contributed by atoms with van der Waals surface area (Å²) in [6, 6.07) is 22.7. The molecule has 1 unspecified atom stereocenters. The van der Waals surface area contributed by atoms with Crippen LogP contribution in [0.3, 0.4) is 0 Å². The predicted molar refractivity (Wildman–Crippen MR) is 176 cm³/mol. The second-order valence-corrected chi connectivity index (χ2v) is 12.5. The smallest absolute Gasteiger partial charge is 0.251 e. The van der Waals surface area contributed by atoms with Crippen molar-refractivity contribution in [3.63, 3.8) is 0 Å². The number of benzene rings is 3. The zero-order chi connectivity index (χ0) is 31.5. The van der Waals surface area contributed by atoms with Gasteiger partial charge in [0, 0.05) is 34.6 Å². The summed E-state index contributed by atoms with van der Waals surface area (Å²) in [7, 11) is 0. The molecule has 2 amide bonds. The maximum absolute atomic E-state index is 14.2. The highest BCUT2D eigenvalue weighted by Crippen LogP contribution is 2.37. The molecule has 8 heteroatoms. The van der Waals surface area contributed by atoms with Crippen molar-refractivity contribution >= 4 is 40.3 Å². The van der Waals surface area contributed by atoms with Crippen LogP contribution >= 0.6 is 0 Å². The van der Waals surface area contributed by atoms with Crippen molar-refractivity contribution in [2.75, 3.05) is 5.32 Å². The Kier molecular flexibility index (Phi) is 8.65. The van der Waals surface area contributed by atoms with Gasteiger partial charge < -0.3 is 10.6 Å². The number of aromatic nitrogens is 1. The fourth-order valence-corrected chi connectivity index (χ4v) is 5.61. The van der Waals surface area contributed by atoms with E-state index in [9.17, 15) is 14.8 Å². The molecule has 4 N–H and O–H groups in total.